The third-order valence-electron chi connectivity index (χ3n) is 3.47. The lowest BCUT2D eigenvalue weighted by Gasteiger charge is -2.28. The number of hydrogen-bond donors (Lipinski definition) is 2. The van der Waals surface area contributed by atoms with Crippen molar-refractivity contribution in [2.75, 3.05) is 6.61 Å². The number of rotatable bonds is 7. The molecule has 0 saturated heterocycles. The summed E-state index contributed by atoms with van der Waals surface area (Å²) in [7, 11) is 0. The van der Waals surface area contributed by atoms with E-state index in [1.54, 1.807) is 39.8 Å². The van der Waals surface area contributed by atoms with Crippen LogP contribution in [0.25, 0.3) is 0 Å². The second-order valence-corrected chi connectivity index (χ2v) is 8.02. The van der Waals surface area contributed by atoms with Gasteiger partial charge in [0.25, 0.3) is 0 Å². The average Bonchev–Trinajstić information content (AvgIpc) is 2.51. The number of aliphatic hydroxyl groups excluding tert-OH is 1. The molecular weight excluding hydrogens is 334 g/mol. The van der Waals surface area contributed by atoms with Crippen LogP contribution < -0.4 is 14.8 Å². The van der Waals surface area contributed by atoms with Crippen LogP contribution in [0.3, 0.4) is 0 Å². The van der Waals surface area contributed by atoms with Crippen molar-refractivity contribution in [1.29, 1.82) is 0 Å². The average molecular weight is 365 g/mol. The summed E-state index contributed by atoms with van der Waals surface area (Å²) >= 11 is 0. The summed E-state index contributed by atoms with van der Waals surface area (Å²) in [5.74, 6) is -0.785. The smallest absolute Gasteiger partial charge is 0.313 e. The first kappa shape index (κ1) is 22.1. The fourth-order valence-corrected chi connectivity index (χ4v) is 2.14. The minimum absolute atomic E-state index is 0.156. The first-order chi connectivity index (χ1) is 11.9. The van der Waals surface area contributed by atoms with Gasteiger partial charge in [0, 0.05) is 11.6 Å². The molecule has 0 spiro atoms. The summed E-state index contributed by atoms with van der Waals surface area (Å²) in [4.78, 5) is 23.9. The van der Waals surface area contributed by atoms with E-state index in [4.69, 9.17) is 9.47 Å². The summed E-state index contributed by atoms with van der Waals surface area (Å²) in [5.41, 5.74) is 0.426. The van der Waals surface area contributed by atoms with E-state index in [0.29, 0.717) is 5.56 Å². The van der Waals surface area contributed by atoms with Crippen LogP contribution in [0.2, 0.25) is 0 Å². The van der Waals surface area contributed by atoms with Crippen LogP contribution >= 0.6 is 0 Å². The highest BCUT2D eigenvalue weighted by Crippen LogP contribution is 2.29. The molecule has 0 aliphatic rings. The molecule has 1 rings (SSSR count). The minimum Gasteiger partial charge on any atom is -0.426 e. The van der Waals surface area contributed by atoms with E-state index in [-0.39, 0.29) is 47.4 Å². The maximum atomic E-state index is 11.9. The van der Waals surface area contributed by atoms with Gasteiger partial charge in [-0.15, -0.1) is 0 Å². The lowest BCUT2D eigenvalue weighted by Crippen LogP contribution is -2.40. The fourth-order valence-electron chi connectivity index (χ4n) is 2.14. The van der Waals surface area contributed by atoms with Gasteiger partial charge in [0.15, 0.2) is 0 Å². The van der Waals surface area contributed by atoms with Crippen molar-refractivity contribution in [3.8, 4) is 11.5 Å². The second-order valence-electron chi connectivity index (χ2n) is 8.02. The molecule has 0 amide bonds. The Bertz CT molecular complexity index is 591. The maximum Gasteiger partial charge on any atom is 0.313 e. The van der Waals surface area contributed by atoms with Crippen LogP contribution in [-0.4, -0.2) is 29.2 Å². The Morgan fingerprint density at radius 2 is 1.38 bits per heavy atom. The Kier molecular flexibility index (Phi) is 7.78. The van der Waals surface area contributed by atoms with Crippen molar-refractivity contribution in [3.05, 3.63) is 23.8 Å². The van der Waals surface area contributed by atoms with Gasteiger partial charge in [-0.25, -0.2) is 0 Å². The standard InChI is InChI=1S/C20H31NO5/c1-12(2)18(23)25-15-8-14(17(11-22)21-20(5,6)7)9-16(10-15)26-19(24)13(3)4/h8-10,12-13,17,21-22H,11H2,1-7H3. The van der Waals surface area contributed by atoms with Crippen LogP contribution in [0.5, 0.6) is 11.5 Å². The van der Waals surface area contributed by atoms with Crippen LogP contribution in [0.15, 0.2) is 18.2 Å². The molecule has 1 aromatic rings. The third-order valence-corrected chi connectivity index (χ3v) is 3.47. The number of nitrogens with one attached hydrogen (secondary N) is 1. The maximum absolute atomic E-state index is 11.9. The van der Waals surface area contributed by atoms with E-state index in [1.165, 1.54) is 6.07 Å². The topological polar surface area (TPSA) is 84.9 Å². The van der Waals surface area contributed by atoms with E-state index in [2.05, 4.69) is 5.32 Å². The van der Waals surface area contributed by atoms with Gasteiger partial charge in [0.1, 0.15) is 11.5 Å². The zero-order valence-electron chi connectivity index (χ0n) is 16.8. The highest BCUT2D eigenvalue weighted by molar-refractivity contribution is 5.76. The number of carbonyl (C=O) groups is 2. The quantitative estimate of drug-likeness (QED) is 0.570. The number of carbonyl (C=O) groups excluding carboxylic acids is 2. The largest absolute Gasteiger partial charge is 0.426 e. The lowest BCUT2D eigenvalue weighted by molar-refractivity contribution is -0.138. The predicted molar refractivity (Wildman–Crippen MR) is 100 cm³/mol. The molecule has 0 aliphatic heterocycles. The van der Waals surface area contributed by atoms with Crippen LogP contribution in [0.1, 0.15) is 60.1 Å². The Morgan fingerprint density at radius 3 is 1.69 bits per heavy atom. The number of ether oxygens (including phenoxy) is 2. The van der Waals surface area contributed by atoms with Crippen molar-refractivity contribution in [2.24, 2.45) is 11.8 Å². The number of esters is 2. The first-order valence-electron chi connectivity index (χ1n) is 8.90. The molecule has 26 heavy (non-hydrogen) atoms. The molecule has 0 aliphatic carbocycles. The molecule has 1 aromatic carbocycles. The summed E-state index contributed by atoms with van der Waals surface area (Å²) in [6, 6.07) is 4.46. The zero-order chi connectivity index (χ0) is 20.1. The molecule has 0 bridgehead atoms. The van der Waals surface area contributed by atoms with Gasteiger partial charge in [-0.1, -0.05) is 27.7 Å². The molecule has 1 atom stereocenters. The molecule has 6 nitrogen and oxygen atoms in total. The molecule has 1 unspecified atom stereocenters. The predicted octanol–water partition coefficient (Wildman–Crippen LogP) is 3.23. The van der Waals surface area contributed by atoms with Crippen LogP contribution in [0, 0.1) is 11.8 Å². The van der Waals surface area contributed by atoms with Gasteiger partial charge >= 0.3 is 11.9 Å². The molecule has 146 valence electrons. The number of hydrogen-bond acceptors (Lipinski definition) is 6. The molecule has 0 aromatic heterocycles. The fraction of sp³-hybridized carbons (Fsp3) is 0.600. The molecule has 0 heterocycles. The minimum atomic E-state index is -0.399. The molecule has 0 saturated carbocycles. The highest BCUT2D eigenvalue weighted by Gasteiger charge is 2.21. The normalized spacial score (nSPS) is 13.0. The molecule has 0 radical (unpaired) electrons. The van der Waals surface area contributed by atoms with Crippen molar-refractivity contribution in [1.82, 2.24) is 5.32 Å². The van der Waals surface area contributed by atoms with E-state index in [1.807, 2.05) is 20.8 Å². The molecule has 2 N–H and O–H groups in total. The molecular formula is C20H31NO5. The van der Waals surface area contributed by atoms with E-state index >= 15 is 0 Å². The Morgan fingerprint density at radius 1 is 0.962 bits per heavy atom. The van der Waals surface area contributed by atoms with Gasteiger partial charge in [0.05, 0.1) is 24.5 Å². The molecule has 6 heteroatoms. The van der Waals surface area contributed by atoms with E-state index in [0.717, 1.165) is 0 Å². The van der Waals surface area contributed by atoms with Gasteiger partial charge in [-0.2, -0.15) is 0 Å². The Balaban J connectivity index is 3.25. The van der Waals surface area contributed by atoms with Gasteiger partial charge < -0.3 is 19.9 Å². The Hall–Kier alpha value is -1.92. The third kappa shape index (κ3) is 7.14. The summed E-state index contributed by atoms with van der Waals surface area (Å²) in [6.07, 6.45) is 0. The van der Waals surface area contributed by atoms with Crippen molar-refractivity contribution in [3.63, 3.8) is 0 Å². The second kappa shape index (κ2) is 9.14. The zero-order valence-corrected chi connectivity index (χ0v) is 16.8. The number of benzene rings is 1. The summed E-state index contributed by atoms with van der Waals surface area (Å²) in [6.45, 7) is 12.8. The van der Waals surface area contributed by atoms with Gasteiger partial charge in [-0.3, -0.25) is 9.59 Å². The monoisotopic (exact) mass is 365 g/mol. The highest BCUT2D eigenvalue weighted by atomic mass is 16.5. The first-order valence-corrected chi connectivity index (χ1v) is 8.90. The van der Waals surface area contributed by atoms with Crippen LogP contribution in [-0.2, 0) is 9.59 Å². The summed E-state index contributed by atoms with van der Waals surface area (Å²) in [5, 5.41) is 13.1. The van der Waals surface area contributed by atoms with E-state index in [9.17, 15) is 14.7 Å². The van der Waals surface area contributed by atoms with Crippen molar-refractivity contribution in [2.45, 2.75) is 60.0 Å². The van der Waals surface area contributed by atoms with Gasteiger partial charge in [0.2, 0.25) is 0 Å². The molecule has 0 fully saturated rings. The lowest BCUT2D eigenvalue weighted by atomic mass is 10.0. The Labute approximate surface area is 155 Å². The van der Waals surface area contributed by atoms with Crippen molar-refractivity contribution >= 4 is 11.9 Å². The van der Waals surface area contributed by atoms with E-state index < -0.39 is 6.04 Å². The SMILES string of the molecule is CC(C)C(=O)Oc1cc(OC(=O)C(C)C)cc(C(CO)NC(C)(C)C)c1. The number of aliphatic hydroxyl groups is 1. The summed E-state index contributed by atoms with van der Waals surface area (Å²) < 4.78 is 10.8. The van der Waals surface area contributed by atoms with Crippen LogP contribution in [0.4, 0.5) is 0 Å². The van der Waals surface area contributed by atoms with Crippen molar-refractivity contribution < 1.29 is 24.2 Å². The van der Waals surface area contributed by atoms with Gasteiger partial charge in [-0.05, 0) is 38.5 Å².